The Labute approximate surface area is 112 Å². The van der Waals surface area contributed by atoms with Crippen molar-refractivity contribution in [2.45, 2.75) is 20.4 Å². The lowest BCUT2D eigenvalue weighted by molar-refractivity contribution is 0.629. The van der Waals surface area contributed by atoms with Crippen LogP contribution in [0.5, 0.6) is 0 Å². The van der Waals surface area contributed by atoms with Crippen molar-refractivity contribution in [3.63, 3.8) is 0 Å². The van der Waals surface area contributed by atoms with Crippen molar-refractivity contribution in [3.05, 3.63) is 63.9 Å². The van der Waals surface area contributed by atoms with Gasteiger partial charge < -0.3 is 5.32 Å². The Morgan fingerprint density at radius 1 is 1.11 bits per heavy atom. The molecule has 0 aliphatic carbocycles. The highest BCUT2D eigenvalue weighted by Crippen LogP contribution is 2.19. The number of benzene rings is 2. The van der Waals surface area contributed by atoms with Crippen molar-refractivity contribution in [2.24, 2.45) is 0 Å². The molecule has 0 heterocycles. The Bertz CT molecular complexity index is 566. The van der Waals surface area contributed by atoms with E-state index < -0.39 is 0 Å². The van der Waals surface area contributed by atoms with Gasteiger partial charge in [-0.1, -0.05) is 29.8 Å². The van der Waals surface area contributed by atoms with Crippen LogP contribution < -0.4 is 5.32 Å². The Morgan fingerprint density at radius 2 is 1.89 bits per heavy atom. The predicted molar refractivity (Wildman–Crippen MR) is 74.7 cm³/mol. The van der Waals surface area contributed by atoms with Gasteiger partial charge in [-0.2, -0.15) is 0 Å². The maximum absolute atomic E-state index is 13.5. The van der Waals surface area contributed by atoms with E-state index in [0.29, 0.717) is 12.2 Å². The summed E-state index contributed by atoms with van der Waals surface area (Å²) < 4.78 is 13.5. The number of hydrogen-bond donors (Lipinski definition) is 1. The van der Waals surface area contributed by atoms with Gasteiger partial charge in [-0.25, -0.2) is 4.39 Å². The molecule has 0 saturated heterocycles. The summed E-state index contributed by atoms with van der Waals surface area (Å²) >= 11 is 6.05. The van der Waals surface area contributed by atoms with Crippen molar-refractivity contribution in [1.82, 2.24) is 0 Å². The highest BCUT2D eigenvalue weighted by Gasteiger charge is 2.03. The van der Waals surface area contributed by atoms with E-state index in [1.807, 2.05) is 32.0 Å². The van der Waals surface area contributed by atoms with Gasteiger partial charge in [0.05, 0.1) is 5.69 Å². The van der Waals surface area contributed by atoms with Gasteiger partial charge in [-0.15, -0.1) is 0 Å². The number of hydrogen-bond acceptors (Lipinski definition) is 1. The number of aryl methyl sites for hydroxylation is 2. The van der Waals surface area contributed by atoms with Crippen LogP contribution in [0.1, 0.15) is 16.7 Å². The summed E-state index contributed by atoms with van der Waals surface area (Å²) in [5, 5.41) is 3.82. The van der Waals surface area contributed by atoms with Crippen molar-refractivity contribution < 1.29 is 4.39 Å². The number of nitrogens with one attached hydrogen (secondary N) is 1. The molecule has 0 bridgehead atoms. The van der Waals surface area contributed by atoms with Gasteiger partial charge >= 0.3 is 0 Å². The zero-order valence-corrected chi connectivity index (χ0v) is 11.2. The molecule has 2 rings (SSSR count). The van der Waals surface area contributed by atoms with Crippen LogP contribution in [0.4, 0.5) is 10.1 Å². The number of anilines is 1. The van der Waals surface area contributed by atoms with Crippen molar-refractivity contribution in [2.75, 3.05) is 5.32 Å². The lowest BCUT2D eigenvalue weighted by Gasteiger charge is -2.09. The Hall–Kier alpha value is -1.54. The molecule has 18 heavy (non-hydrogen) atoms. The minimum Gasteiger partial charge on any atom is -0.379 e. The van der Waals surface area contributed by atoms with E-state index in [1.54, 1.807) is 12.1 Å². The van der Waals surface area contributed by atoms with E-state index in [2.05, 4.69) is 5.32 Å². The molecule has 1 N–H and O–H groups in total. The molecule has 94 valence electrons. The second kappa shape index (κ2) is 5.40. The van der Waals surface area contributed by atoms with Crippen LogP contribution in [0.25, 0.3) is 0 Å². The third kappa shape index (κ3) is 3.02. The Balaban J connectivity index is 2.11. The highest BCUT2D eigenvalue weighted by atomic mass is 35.5. The fourth-order valence-electron chi connectivity index (χ4n) is 1.72. The van der Waals surface area contributed by atoms with E-state index in [1.165, 1.54) is 6.07 Å². The summed E-state index contributed by atoms with van der Waals surface area (Å²) in [5.41, 5.74) is 3.63. The molecule has 1 nitrogen and oxygen atoms in total. The van der Waals surface area contributed by atoms with E-state index in [-0.39, 0.29) is 5.82 Å². The first-order valence-corrected chi connectivity index (χ1v) is 6.19. The van der Waals surface area contributed by atoms with Crippen molar-refractivity contribution in [3.8, 4) is 0 Å². The molecule has 0 radical (unpaired) electrons. The molecule has 0 aliphatic rings. The molecular formula is C15H15ClFN. The van der Waals surface area contributed by atoms with Crippen molar-refractivity contribution >= 4 is 17.3 Å². The smallest absolute Gasteiger partial charge is 0.146 e. The third-order valence-corrected chi connectivity index (χ3v) is 3.25. The third-order valence-electron chi connectivity index (χ3n) is 2.84. The lowest BCUT2D eigenvalue weighted by atomic mass is 10.1. The maximum atomic E-state index is 13.5. The van der Waals surface area contributed by atoms with E-state index >= 15 is 0 Å². The van der Waals surface area contributed by atoms with Gasteiger partial charge in [0.15, 0.2) is 0 Å². The van der Waals surface area contributed by atoms with Crippen LogP contribution in [0, 0.1) is 19.7 Å². The first-order valence-electron chi connectivity index (χ1n) is 5.81. The second-order valence-corrected chi connectivity index (χ2v) is 4.83. The van der Waals surface area contributed by atoms with Gasteiger partial charge in [0.25, 0.3) is 0 Å². The molecule has 0 spiro atoms. The van der Waals surface area contributed by atoms with Gasteiger partial charge in [0, 0.05) is 11.6 Å². The molecule has 2 aromatic carbocycles. The van der Waals surface area contributed by atoms with Gasteiger partial charge in [-0.3, -0.25) is 0 Å². The summed E-state index contributed by atoms with van der Waals surface area (Å²) in [4.78, 5) is 0. The molecule has 0 aromatic heterocycles. The molecule has 2 aromatic rings. The largest absolute Gasteiger partial charge is 0.379 e. The summed E-state index contributed by atoms with van der Waals surface area (Å²) in [6.45, 7) is 4.45. The zero-order valence-electron chi connectivity index (χ0n) is 10.4. The quantitative estimate of drug-likeness (QED) is 0.846. The van der Waals surface area contributed by atoms with Crippen LogP contribution in [0.2, 0.25) is 5.02 Å². The zero-order chi connectivity index (χ0) is 13.1. The molecule has 0 aliphatic heterocycles. The molecule has 0 saturated carbocycles. The van der Waals surface area contributed by atoms with Crippen LogP contribution in [0.3, 0.4) is 0 Å². The van der Waals surface area contributed by atoms with Gasteiger partial charge in [0.2, 0.25) is 0 Å². The molecular weight excluding hydrogens is 249 g/mol. The van der Waals surface area contributed by atoms with E-state index in [9.17, 15) is 4.39 Å². The topological polar surface area (TPSA) is 12.0 Å². The van der Waals surface area contributed by atoms with Crippen LogP contribution in [-0.4, -0.2) is 0 Å². The van der Waals surface area contributed by atoms with Crippen LogP contribution in [-0.2, 0) is 6.54 Å². The van der Waals surface area contributed by atoms with Gasteiger partial charge in [0.1, 0.15) is 5.82 Å². The summed E-state index contributed by atoms with van der Waals surface area (Å²) in [7, 11) is 0. The average Bonchev–Trinajstić information content (AvgIpc) is 2.34. The SMILES string of the molecule is Cc1ccc(F)c(NCc2ccc(C)c(Cl)c2)c1. The first kappa shape index (κ1) is 12.9. The number of rotatable bonds is 3. The first-order chi connectivity index (χ1) is 8.56. The Kier molecular flexibility index (Phi) is 3.87. The average molecular weight is 264 g/mol. The maximum Gasteiger partial charge on any atom is 0.146 e. The van der Waals surface area contributed by atoms with Crippen LogP contribution in [0.15, 0.2) is 36.4 Å². The molecule has 0 unspecified atom stereocenters. The lowest BCUT2D eigenvalue weighted by Crippen LogP contribution is -2.02. The second-order valence-electron chi connectivity index (χ2n) is 4.42. The fourth-order valence-corrected chi connectivity index (χ4v) is 1.92. The minimum atomic E-state index is -0.237. The standard InChI is InChI=1S/C15H15ClFN/c1-10-3-6-14(17)15(7-10)18-9-12-5-4-11(2)13(16)8-12/h3-8,18H,9H2,1-2H3. The van der Waals surface area contributed by atoms with Crippen LogP contribution >= 0.6 is 11.6 Å². The van der Waals surface area contributed by atoms with E-state index in [0.717, 1.165) is 21.7 Å². The molecule has 0 fully saturated rings. The minimum absolute atomic E-state index is 0.237. The monoisotopic (exact) mass is 263 g/mol. The molecule has 0 atom stereocenters. The van der Waals surface area contributed by atoms with Crippen molar-refractivity contribution in [1.29, 1.82) is 0 Å². The van der Waals surface area contributed by atoms with E-state index in [4.69, 9.17) is 11.6 Å². The number of halogens is 2. The fraction of sp³-hybridized carbons (Fsp3) is 0.200. The molecule has 3 heteroatoms. The van der Waals surface area contributed by atoms with Gasteiger partial charge in [-0.05, 0) is 48.7 Å². The summed E-state index contributed by atoms with van der Waals surface area (Å²) in [6.07, 6.45) is 0. The predicted octanol–water partition coefficient (Wildman–Crippen LogP) is 4.71. The molecule has 0 amide bonds. The Morgan fingerprint density at radius 3 is 2.61 bits per heavy atom. The summed E-state index contributed by atoms with van der Waals surface area (Å²) in [5.74, 6) is -0.237. The summed E-state index contributed by atoms with van der Waals surface area (Å²) in [6, 6.07) is 10.9. The highest BCUT2D eigenvalue weighted by molar-refractivity contribution is 6.31. The normalized spacial score (nSPS) is 10.4.